The zero-order valence-electron chi connectivity index (χ0n) is 11.3. The van der Waals surface area contributed by atoms with Crippen LogP contribution in [0.15, 0.2) is 24.3 Å². The number of rotatable bonds is 2. The molecule has 0 bridgehead atoms. The minimum absolute atomic E-state index is 0.0128. The summed E-state index contributed by atoms with van der Waals surface area (Å²) in [5.41, 5.74) is 1.36. The van der Waals surface area contributed by atoms with Crippen LogP contribution >= 0.6 is 0 Å². The van der Waals surface area contributed by atoms with Crippen LogP contribution < -0.4 is 5.32 Å². The molecule has 2 rings (SSSR count). The summed E-state index contributed by atoms with van der Waals surface area (Å²) in [6.07, 6.45) is -2.89. The summed E-state index contributed by atoms with van der Waals surface area (Å²) in [6, 6.07) is 6.69. The fourth-order valence-corrected chi connectivity index (χ4v) is 2.71. The molecule has 110 valence electrons. The van der Waals surface area contributed by atoms with E-state index in [9.17, 15) is 18.0 Å². The first-order valence-electron chi connectivity index (χ1n) is 6.81. The predicted molar refractivity (Wildman–Crippen MR) is 70.4 cm³/mol. The molecular weight excluding hydrogens is 267 g/mol. The lowest BCUT2D eigenvalue weighted by Gasteiger charge is -2.31. The average molecular weight is 285 g/mol. The minimum atomic E-state index is -4.16. The van der Waals surface area contributed by atoms with E-state index in [-0.39, 0.29) is 24.8 Å². The van der Waals surface area contributed by atoms with Gasteiger partial charge in [-0.05, 0) is 37.8 Å². The van der Waals surface area contributed by atoms with Gasteiger partial charge < -0.3 is 5.32 Å². The lowest BCUT2D eigenvalue weighted by atomic mass is 9.85. The Morgan fingerprint density at radius 2 is 1.95 bits per heavy atom. The highest BCUT2D eigenvalue weighted by atomic mass is 19.4. The lowest BCUT2D eigenvalue weighted by Crippen LogP contribution is -2.41. The van der Waals surface area contributed by atoms with Crippen LogP contribution in [0.25, 0.3) is 0 Å². The summed E-state index contributed by atoms with van der Waals surface area (Å²) >= 11 is 0. The van der Waals surface area contributed by atoms with Crippen LogP contribution in [0.4, 0.5) is 13.2 Å². The van der Waals surface area contributed by atoms with Crippen molar-refractivity contribution in [2.45, 2.75) is 44.8 Å². The number of hydrogen-bond acceptors (Lipinski definition) is 1. The second-order valence-corrected chi connectivity index (χ2v) is 5.39. The van der Waals surface area contributed by atoms with Crippen LogP contribution in [0.2, 0.25) is 0 Å². The highest BCUT2D eigenvalue weighted by Gasteiger charge is 2.42. The molecule has 5 heteroatoms. The standard InChI is InChI=1S/C15H18F3NO/c1-10-5-2-3-8-13(10)14(20)19-12-7-4-6-11(9-12)15(16,17)18/h2-3,5,8,11-12H,4,6-7,9H2,1H3,(H,19,20)/t11-,12+/m0/s1. The van der Waals surface area contributed by atoms with Gasteiger partial charge in [0.2, 0.25) is 0 Å². The van der Waals surface area contributed by atoms with Crippen LogP contribution in [-0.4, -0.2) is 18.1 Å². The maximum atomic E-state index is 12.7. The van der Waals surface area contributed by atoms with E-state index in [2.05, 4.69) is 5.32 Å². The quantitative estimate of drug-likeness (QED) is 0.878. The summed E-state index contributed by atoms with van der Waals surface area (Å²) in [5.74, 6) is -1.57. The number of aryl methyl sites for hydroxylation is 1. The minimum Gasteiger partial charge on any atom is -0.349 e. The molecule has 2 nitrogen and oxygen atoms in total. The molecule has 1 N–H and O–H groups in total. The van der Waals surface area contributed by atoms with Gasteiger partial charge in [0.05, 0.1) is 5.92 Å². The van der Waals surface area contributed by atoms with Gasteiger partial charge in [-0.15, -0.1) is 0 Å². The number of carbonyl (C=O) groups is 1. The number of nitrogens with one attached hydrogen (secondary N) is 1. The Labute approximate surface area is 116 Å². The topological polar surface area (TPSA) is 29.1 Å². The van der Waals surface area contributed by atoms with Crippen LogP contribution in [-0.2, 0) is 0 Å². The van der Waals surface area contributed by atoms with Gasteiger partial charge in [0.25, 0.3) is 5.91 Å². The first kappa shape index (κ1) is 14.9. The van der Waals surface area contributed by atoms with Crippen LogP contribution in [0, 0.1) is 12.8 Å². The second kappa shape index (κ2) is 5.85. The zero-order chi connectivity index (χ0) is 14.8. The molecule has 0 unspecified atom stereocenters. The average Bonchev–Trinajstić information content (AvgIpc) is 2.38. The largest absolute Gasteiger partial charge is 0.391 e. The van der Waals surface area contributed by atoms with E-state index in [1.807, 2.05) is 19.1 Å². The van der Waals surface area contributed by atoms with E-state index in [1.54, 1.807) is 12.1 Å². The smallest absolute Gasteiger partial charge is 0.349 e. The molecule has 2 atom stereocenters. The molecule has 1 aromatic rings. The van der Waals surface area contributed by atoms with E-state index < -0.39 is 12.1 Å². The summed E-state index contributed by atoms with van der Waals surface area (Å²) in [5, 5.41) is 2.74. The molecule has 0 aromatic heterocycles. The Hall–Kier alpha value is -1.52. The second-order valence-electron chi connectivity index (χ2n) is 5.39. The highest BCUT2D eigenvalue weighted by Crippen LogP contribution is 2.37. The van der Waals surface area contributed by atoms with Crippen LogP contribution in [0.1, 0.15) is 41.6 Å². The van der Waals surface area contributed by atoms with Crippen molar-refractivity contribution in [3.63, 3.8) is 0 Å². The molecule has 1 saturated carbocycles. The highest BCUT2D eigenvalue weighted by molar-refractivity contribution is 5.95. The third kappa shape index (κ3) is 3.52. The number of hydrogen-bond donors (Lipinski definition) is 1. The molecule has 1 fully saturated rings. The van der Waals surface area contributed by atoms with Crippen molar-refractivity contribution in [2.75, 3.05) is 0 Å². The van der Waals surface area contributed by atoms with Crippen LogP contribution in [0.3, 0.4) is 0 Å². The van der Waals surface area contributed by atoms with E-state index in [0.29, 0.717) is 18.4 Å². The maximum absolute atomic E-state index is 12.7. The van der Waals surface area contributed by atoms with E-state index in [0.717, 1.165) is 5.56 Å². The van der Waals surface area contributed by atoms with Crippen molar-refractivity contribution in [3.8, 4) is 0 Å². The molecule has 0 heterocycles. The molecule has 1 amide bonds. The SMILES string of the molecule is Cc1ccccc1C(=O)N[C@@H]1CCC[C@H](C(F)(F)F)C1. The van der Waals surface area contributed by atoms with Gasteiger partial charge in [0, 0.05) is 11.6 Å². The molecule has 0 spiro atoms. The first-order chi connectivity index (χ1) is 9.38. The fourth-order valence-electron chi connectivity index (χ4n) is 2.71. The van der Waals surface area contributed by atoms with Crippen molar-refractivity contribution in [1.29, 1.82) is 0 Å². The Balaban J connectivity index is 2.00. The van der Waals surface area contributed by atoms with Gasteiger partial charge in [-0.3, -0.25) is 4.79 Å². The van der Waals surface area contributed by atoms with Crippen LogP contribution in [0.5, 0.6) is 0 Å². The fraction of sp³-hybridized carbons (Fsp3) is 0.533. The van der Waals surface area contributed by atoms with E-state index >= 15 is 0 Å². The molecule has 0 radical (unpaired) electrons. The van der Waals surface area contributed by atoms with Gasteiger partial charge in [-0.25, -0.2) is 0 Å². The summed E-state index contributed by atoms with van der Waals surface area (Å²) in [7, 11) is 0. The molecule has 1 aliphatic rings. The third-order valence-corrected chi connectivity index (χ3v) is 3.86. The molecule has 1 aromatic carbocycles. The lowest BCUT2D eigenvalue weighted by molar-refractivity contribution is -0.183. The summed E-state index contributed by atoms with van der Waals surface area (Å²) in [4.78, 5) is 12.1. The maximum Gasteiger partial charge on any atom is 0.391 e. The van der Waals surface area contributed by atoms with Gasteiger partial charge in [0.15, 0.2) is 0 Å². The van der Waals surface area contributed by atoms with Crippen molar-refractivity contribution in [1.82, 2.24) is 5.32 Å². The number of amides is 1. The monoisotopic (exact) mass is 285 g/mol. The first-order valence-corrected chi connectivity index (χ1v) is 6.81. The van der Waals surface area contributed by atoms with Gasteiger partial charge >= 0.3 is 6.18 Å². The van der Waals surface area contributed by atoms with Gasteiger partial charge in [-0.1, -0.05) is 24.6 Å². The molecule has 0 aliphatic heterocycles. The number of carbonyl (C=O) groups excluding carboxylic acids is 1. The number of benzene rings is 1. The van der Waals surface area contributed by atoms with Crippen molar-refractivity contribution >= 4 is 5.91 Å². The molecule has 0 saturated heterocycles. The predicted octanol–water partition coefficient (Wildman–Crippen LogP) is 3.85. The molecule has 1 aliphatic carbocycles. The zero-order valence-corrected chi connectivity index (χ0v) is 11.3. The van der Waals surface area contributed by atoms with Crippen molar-refractivity contribution in [2.24, 2.45) is 5.92 Å². The molecular formula is C15H18F3NO. The van der Waals surface area contributed by atoms with Crippen molar-refractivity contribution in [3.05, 3.63) is 35.4 Å². The summed E-state index contributed by atoms with van der Waals surface area (Å²) < 4.78 is 38.2. The van der Waals surface area contributed by atoms with Crippen molar-refractivity contribution < 1.29 is 18.0 Å². The van der Waals surface area contributed by atoms with Gasteiger partial charge in [0.1, 0.15) is 0 Å². The Morgan fingerprint density at radius 1 is 1.25 bits per heavy atom. The summed E-state index contributed by atoms with van der Waals surface area (Å²) in [6.45, 7) is 1.81. The Kier molecular flexibility index (Phi) is 4.35. The molecule has 20 heavy (non-hydrogen) atoms. The Bertz CT molecular complexity index is 484. The normalized spacial score (nSPS) is 23.4. The number of alkyl halides is 3. The van der Waals surface area contributed by atoms with E-state index in [4.69, 9.17) is 0 Å². The van der Waals surface area contributed by atoms with E-state index in [1.165, 1.54) is 0 Å². The third-order valence-electron chi connectivity index (χ3n) is 3.86. The number of halogens is 3. The Morgan fingerprint density at radius 3 is 2.60 bits per heavy atom. The van der Waals surface area contributed by atoms with Gasteiger partial charge in [-0.2, -0.15) is 13.2 Å².